The molecule has 0 aliphatic carbocycles. The third-order valence-corrected chi connectivity index (χ3v) is 5.00. The highest BCUT2D eigenvalue weighted by molar-refractivity contribution is 5.96. The zero-order valence-corrected chi connectivity index (χ0v) is 12.4. The molecule has 0 saturated carbocycles. The van der Waals surface area contributed by atoms with Gasteiger partial charge in [0.25, 0.3) is 5.91 Å². The van der Waals surface area contributed by atoms with Gasteiger partial charge in [-0.1, -0.05) is 0 Å². The van der Waals surface area contributed by atoms with Crippen LogP contribution in [0.25, 0.3) is 0 Å². The van der Waals surface area contributed by atoms with Crippen LogP contribution in [0.1, 0.15) is 22.5 Å². The number of fused-ring (bicyclic) bond motifs is 1. The molecule has 3 heterocycles. The number of hydrogen-bond acceptors (Lipinski definition) is 3. The summed E-state index contributed by atoms with van der Waals surface area (Å²) in [6.45, 7) is 4.12. The zero-order valence-electron chi connectivity index (χ0n) is 12.4. The third-order valence-electron chi connectivity index (χ3n) is 5.00. The first-order chi connectivity index (χ1) is 9.94. The molecule has 2 aliphatic rings. The average Bonchev–Trinajstić information content (AvgIpc) is 3.01. The maximum atomic E-state index is 12.6. The Morgan fingerprint density at radius 3 is 2.81 bits per heavy atom. The second-order valence-electron chi connectivity index (χ2n) is 6.39. The molecule has 1 aromatic rings. The predicted molar refractivity (Wildman–Crippen MR) is 77.1 cm³/mol. The van der Waals surface area contributed by atoms with Crippen LogP contribution < -0.4 is 0 Å². The quantitative estimate of drug-likeness (QED) is 0.845. The van der Waals surface area contributed by atoms with Crippen molar-refractivity contribution in [1.29, 1.82) is 0 Å². The van der Waals surface area contributed by atoms with Crippen LogP contribution in [0.4, 0.5) is 0 Å². The van der Waals surface area contributed by atoms with Gasteiger partial charge in [0.1, 0.15) is 5.41 Å². The highest BCUT2D eigenvalue weighted by Crippen LogP contribution is 2.42. The van der Waals surface area contributed by atoms with E-state index in [-0.39, 0.29) is 11.8 Å². The molecule has 2 fully saturated rings. The SMILES string of the molecule is Cc1[nH]ccc1C(=O)N1C[C@@H]2CCN(C)C[C@]2(C(=O)O)C1. The second kappa shape index (κ2) is 4.87. The topological polar surface area (TPSA) is 76.6 Å². The summed E-state index contributed by atoms with van der Waals surface area (Å²) in [7, 11) is 1.95. The summed E-state index contributed by atoms with van der Waals surface area (Å²) >= 11 is 0. The van der Waals surface area contributed by atoms with E-state index in [4.69, 9.17) is 0 Å². The number of nitrogens with zero attached hydrogens (tertiary/aromatic N) is 2. The molecule has 6 nitrogen and oxygen atoms in total. The summed E-state index contributed by atoms with van der Waals surface area (Å²) < 4.78 is 0. The van der Waals surface area contributed by atoms with Crippen molar-refractivity contribution in [2.24, 2.45) is 11.3 Å². The number of aromatic amines is 1. The van der Waals surface area contributed by atoms with Crippen molar-refractivity contribution in [1.82, 2.24) is 14.8 Å². The first kappa shape index (κ1) is 14.1. The first-order valence-electron chi connectivity index (χ1n) is 7.29. The van der Waals surface area contributed by atoms with E-state index in [1.54, 1.807) is 17.2 Å². The number of nitrogens with one attached hydrogen (secondary N) is 1. The number of carbonyl (C=O) groups is 2. The van der Waals surface area contributed by atoms with Crippen molar-refractivity contribution in [2.45, 2.75) is 13.3 Å². The molecule has 0 unspecified atom stereocenters. The highest BCUT2D eigenvalue weighted by atomic mass is 16.4. The molecular weight excluding hydrogens is 270 g/mol. The Bertz CT molecular complexity index is 582. The number of amides is 1. The largest absolute Gasteiger partial charge is 0.481 e. The number of aromatic nitrogens is 1. The molecule has 2 saturated heterocycles. The van der Waals surface area contributed by atoms with Crippen molar-refractivity contribution < 1.29 is 14.7 Å². The normalized spacial score (nSPS) is 29.4. The molecule has 0 radical (unpaired) electrons. The van der Waals surface area contributed by atoms with E-state index < -0.39 is 11.4 Å². The van der Waals surface area contributed by atoms with E-state index in [1.165, 1.54) is 0 Å². The van der Waals surface area contributed by atoms with Crippen LogP contribution in [0.3, 0.4) is 0 Å². The standard InChI is InChI=1S/C15H21N3O3/c1-10-12(3-5-16-10)13(19)18-7-11-4-6-17(2)8-15(11,9-18)14(20)21/h3,5,11,16H,4,6-9H2,1-2H3,(H,20,21)/t11-,15-/m0/s1. The molecule has 21 heavy (non-hydrogen) atoms. The van der Waals surface area contributed by atoms with Gasteiger partial charge in [0, 0.05) is 31.5 Å². The summed E-state index contributed by atoms with van der Waals surface area (Å²) in [5.41, 5.74) is 0.659. The Balaban J connectivity index is 1.87. The van der Waals surface area contributed by atoms with Crippen LogP contribution >= 0.6 is 0 Å². The molecule has 0 spiro atoms. The van der Waals surface area contributed by atoms with Crippen molar-refractivity contribution in [2.75, 3.05) is 33.2 Å². The van der Waals surface area contributed by atoms with Gasteiger partial charge < -0.3 is 19.9 Å². The summed E-state index contributed by atoms with van der Waals surface area (Å²) in [6.07, 6.45) is 2.57. The Kier molecular flexibility index (Phi) is 3.28. The Labute approximate surface area is 123 Å². The number of hydrogen-bond donors (Lipinski definition) is 2. The third kappa shape index (κ3) is 2.14. The molecule has 2 aliphatic heterocycles. The van der Waals surface area contributed by atoms with Gasteiger partial charge in [0.05, 0.1) is 5.56 Å². The number of aliphatic carboxylic acids is 1. The number of piperidine rings is 1. The maximum Gasteiger partial charge on any atom is 0.313 e. The van der Waals surface area contributed by atoms with Crippen LogP contribution in [0, 0.1) is 18.3 Å². The maximum absolute atomic E-state index is 12.6. The average molecular weight is 291 g/mol. The fraction of sp³-hybridized carbons (Fsp3) is 0.600. The minimum absolute atomic E-state index is 0.0504. The molecule has 1 amide bonds. The Morgan fingerprint density at radius 1 is 1.43 bits per heavy atom. The van der Waals surface area contributed by atoms with E-state index in [0.29, 0.717) is 25.2 Å². The van der Waals surface area contributed by atoms with E-state index in [9.17, 15) is 14.7 Å². The number of rotatable bonds is 2. The van der Waals surface area contributed by atoms with Crippen LogP contribution in [-0.4, -0.2) is 65.0 Å². The van der Waals surface area contributed by atoms with E-state index in [2.05, 4.69) is 9.88 Å². The van der Waals surface area contributed by atoms with Crippen molar-refractivity contribution in [3.8, 4) is 0 Å². The molecule has 3 rings (SSSR count). The molecule has 2 atom stereocenters. The minimum Gasteiger partial charge on any atom is -0.481 e. The molecule has 6 heteroatoms. The van der Waals surface area contributed by atoms with E-state index in [1.807, 2.05) is 14.0 Å². The Hall–Kier alpha value is -1.82. The number of aryl methyl sites for hydroxylation is 1. The molecule has 114 valence electrons. The van der Waals surface area contributed by atoms with Gasteiger partial charge in [-0.25, -0.2) is 0 Å². The van der Waals surface area contributed by atoms with Gasteiger partial charge in [0.2, 0.25) is 0 Å². The fourth-order valence-electron chi connectivity index (χ4n) is 3.78. The van der Waals surface area contributed by atoms with Crippen LogP contribution in [0.15, 0.2) is 12.3 Å². The van der Waals surface area contributed by atoms with Gasteiger partial charge in [-0.3, -0.25) is 9.59 Å². The summed E-state index contributed by atoms with van der Waals surface area (Å²) in [6, 6.07) is 1.76. The highest BCUT2D eigenvalue weighted by Gasteiger charge is 2.55. The number of H-pyrrole nitrogens is 1. The lowest BCUT2D eigenvalue weighted by molar-refractivity contribution is -0.153. The molecular formula is C15H21N3O3. The molecule has 2 N–H and O–H groups in total. The van der Waals surface area contributed by atoms with Gasteiger partial charge in [-0.2, -0.15) is 0 Å². The monoisotopic (exact) mass is 291 g/mol. The predicted octanol–water partition coefficient (Wildman–Crippen LogP) is 0.802. The van der Waals surface area contributed by atoms with Crippen molar-refractivity contribution in [3.63, 3.8) is 0 Å². The van der Waals surface area contributed by atoms with Gasteiger partial charge in [0.15, 0.2) is 0 Å². The molecule has 0 bridgehead atoms. The van der Waals surface area contributed by atoms with E-state index in [0.717, 1.165) is 18.7 Å². The molecule has 1 aromatic heterocycles. The van der Waals surface area contributed by atoms with Crippen LogP contribution in [-0.2, 0) is 4.79 Å². The number of carboxylic acids is 1. The van der Waals surface area contributed by atoms with Crippen LogP contribution in [0.2, 0.25) is 0 Å². The lowest BCUT2D eigenvalue weighted by Gasteiger charge is -2.39. The van der Waals surface area contributed by atoms with Crippen molar-refractivity contribution >= 4 is 11.9 Å². The van der Waals surface area contributed by atoms with Gasteiger partial charge >= 0.3 is 5.97 Å². The number of carboxylic acid groups (broad SMARTS) is 1. The smallest absolute Gasteiger partial charge is 0.313 e. The summed E-state index contributed by atoms with van der Waals surface area (Å²) in [5.74, 6) is -0.791. The zero-order chi connectivity index (χ0) is 15.2. The summed E-state index contributed by atoms with van der Waals surface area (Å²) in [4.78, 5) is 31.2. The number of likely N-dealkylation sites (tertiary alicyclic amines) is 2. The van der Waals surface area contributed by atoms with Crippen LogP contribution in [0.5, 0.6) is 0 Å². The molecule has 0 aromatic carbocycles. The van der Waals surface area contributed by atoms with Gasteiger partial charge in [-0.15, -0.1) is 0 Å². The lowest BCUT2D eigenvalue weighted by atomic mass is 9.73. The van der Waals surface area contributed by atoms with Gasteiger partial charge in [-0.05, 0) is 38.9 Å². The minimum atomic E-state index is -0.813. The first-order valence-corrected chi connectivity index (χ1v) is 7.29. The number of carbonyl (C=O) groups excluding carboxylic acids is 1. The Morgan fingerprint density at radius 2 is 2.19 bits per heavy atom. The summed E-state index contributed by atoms with van der Waals surface area (Å²) in [5, 5.41) is 9.73. The lowest BCUT2D eigenvalue weighted by Crippen LogP contribution is -2.52. The fourth-order valence-corrected chi connectivity index (χ4v) is 3.78. The second-order valence-corrected chi connectivity index (χ2v) is 6.39. The van der Waals surface area contributed by atoms with Crippen molar-refractivity contribution in [3.05, 3.63) is 23.5 Å². The van der Waals surface area contributed by atoms with E-state index >= 15 is 0 Å².